The minimum atomic E-state index is -1.04. The first kappa shape index (κ1) is 15.7. The van der Waals surface area contributed by atoms with Gasteiger partial charge in [-0.3, -0.25) is 4.79 Å². The van der Waals surface area contributed by atoms with Gasteiger partial charge in [0.05, 0.1) is 12.0 Å². The second kappa shape index (κ2) is 7.38. The largest absolute Gasteiger partial charge is 0.478 e. The van der Waals surface area contributed by atoms with E-state index in [1.54, 1.807) is 30.3 Å². The lowest BCUT2D eigenvalue weighted by Crippen LogP contribution is -2.16. The highest BCUT2D eigenvalue weighted by Crippen LogP contribution is 2.13. The highest BCUT2D eigenvalue weighted by atomic mass is 16.4. The Labute approximate surface area is 128 Å². The summed E-state index contributed by atoms with van der Waals surface area (Å²) in [5.41, 5.74) is 2.23. The normalized spacial score (nSPS) is 10.2. The van der Waals surface area contributed by atoms with E-state index in [2.05, 4.69) is 5.32 Å². The standard InChI is InChI=1S/C17H17NO4/c19-10-9-12-5-7-14(8-6-12)18-16(20)11-13-3-1-2-4-15(13)17(21)22/h1-8,19H,9-11H2,(H,18,20)(H,21,22). The lowest BCUT2D eigenvalue weighted by atomic mass is 10.0. The summed E-state index contributed by atoms with van der Waals surface area (Å²) in [4.78, 5) is 23.1. The van der Waals surface area contributed by atoms with Crippen molar-refractivity contribution in [1.29, 1.82) is 0 Å². The number of carboxylic acid groups (broad SMARTS) is 1. The number of amides is 1. The van der Waals surface area contributed by atoms with Crippen LogP contribution in [-0.2, 0) is 17.6 Å². The third-order valence-electron chi connectivity index (χ3n) is 3.24. The number of aliphatic hydroxyl groups excluding tert-OH is 1. The zero-order chi connectivity index (χ0) is 15.9. The fourth-order valence-corrected chi connectivity index (χ4v) is 2.15. The number of aromatic carboxylic acids is 1. The molecule has 2 aromatic rings. The maximum Gasteiger partial charge on any atom is 0.335 e. The number of hydrogen-bond acceptors (Lipinski definition) is 3. The molecule has 22 heavy (non-hydrogen) atoms. The van der Waals surface area contributed by atoms with Gasteiger partial charge in [0, 0.05) is 12.3 Å². The number of carboxylic acids is 1. The van der Waals surface area contributed by atoms with Gasteiger partial charge in [-0.05, 0) is 35.7 Å². The Hall–Kier alpha value is -2.66. The molecule has 0 aliphatic heterocycles. The van der Waals surface area contributed by atoms with E-state index >= 15 is 0 Å². The molecule has 0 saturated heterocycles. The molecule has 0 spiro atoms. The molecular formula is C17H17NO4. The maximum absolute atomic E-state index is 12.0. The van der Waals surface area contributed by atoms with E-state index in [-0.39, 0.29) is 24.5 Å². The van der Waals surface area contributed by atoms with Crippen molar-refractivity contribution in [2.45, 2.75) is 12.8 Å². The smallest absolute Gasteiger partial charge is 0.335 e. The molecule has 0 saturated carbocycles. The van der Waals surface area contributed by atoms with Gasteiger partial charge in [-0.25, -0.2) is 4.79 Å². The van der Waals surface area contributed by atoms with E-state index in [0.717, 1.165) is 5.56 Å². The predicted molar refractivity (Wildman–Crippen MR) is 83.0 cm³/mol. The van der Waals surface area contributed by atoms with Crippen LogP contribution < -0.4 is 5.32 Å². The van der Waals surface area contributed by atoms with Crippen molar-refractivity contribution < 1.29 is 19.8 Å². The fourth-order valence-electron chi connectivity index (χ4n) is 2.15. The van der Waals surface area contributed by atoms with Crippen LogP contribution in [-0.4, -0.2) is 28.7 Å². The van der Waals surface area contributed by atoms with Gasteiger partial charge in [0.25, 0.3) is 0 Å². The minimum absolute atomic E-state index is 0.000858. The molecule has 0 radical (unpaired) electrons. The molecule has 5 heteroatoms. The van der Waals surface area contributed by atoms with E-state index in [9.17, 15) is 9.59 Å². The SMILES string of the molecule is O=C(Cc1ccccc1C(=O)O)Nc1ccc(CCO)cc1. The van der Waals surface area contributed by atoms with Crippen molar-refractivity contribution in [2.75, 3.05) is 11.9 Å². The van der Waals surface area contributed by atoms with Gasteiger partial charge in [-0.1, -0.05) is 30.3 Å². The van der Waals surface area contributed by atoms with Gasteiger partial charge in [0.1, 0.15) is 0 Å². The molecule has 0 bridgehead atoms. The Morgan fingerprint density at radius 3 is 2.32 bits per heavy atom. The molecule has 0 atom stereocenters. The highest BCUT2D eigenvalue weighted by Gasteiger charge is 2.12. The molecule has 0 fully saturated rings. The minimum Gasteiger partial charge on any atom is -0.478 e. The monoisotopic (exact) mass is 299 g/mol. The summed E-state index contributed by atoms with van der Waals surface area (Å²) in [5.74, 6) is -1.32. The Morgan fingerprint density at radius 2 is 1.68 bits per heavy atom. The van der Waals surface area contributed by atoms with E-state index in [4.69, 9.17) is 10.2 Å². The number of nitrogens with one attached hydrogen (secondary N) is 1. The predicted octanol–water partition coefficient (Wildman–Crippen LogP) is 2.10. The van der Waals surface area contributed by atoms with Crippen molar-refractivity contribution in [1.82, 2.24) is 0 Å². The first-order chi connectivity index (χ1) is 10.6. The average Bonchev–Trinajstić information content (AvgIpc) is 2.50. The van der Waals surface area contributed by atoms with Crippen LogP contribution >= 0.6 is 0 Å². The maximum atomic E-state index is 12.0. The average molecular weight is 299 g/mol. The number of benzene rings is 2. The quantitative estimate of drug-likeness (QED) is 0.762. The first-order valence-electron chi connectivity index (χ1n) is 6.91. The Balaban J connectivity index is 2.02. The third kappa shape index (κ3) is 4.17. The van der Waals surface area contributed by atoms with Crippen LogP contribution in [0.3, 0.4) is 0 Å². The fraction of sp³-hybridized carbons (Fsp3) is 0.176. The Kier molecular flexibility index (Phi) is 5.27. The van der Waals surface area contributed by atoms with E-state index < -0.39 is 5.97 Å². The molecule has 2 rings (SSSR count). The van der Waals surface area contributed by atoms with Crippen LogP contribution in [0.2, 0.25) is 0 Å². The lowest BCUT2D eigenvalue weighted by Gasteiger charge is -2.08. The van der Waals surface area contributed by atoms with Gasteiger partial charge in [-0.15, -0.1) is 0 Å². The van der Waals surface area contributed by atoms with Gasteiger partial charge >= 0.3 is 5.97 Å². The van der Waals surface area contributed by atoms with E-state index in [0.29, 0.717) is 17.7 Å². The molecule has 0 heterocycles. The summed E-state index contributed by atoms with van der Waals surface area (Å²) in [7, 11) is 0. The van der Waals surface area contributed by atoms with Crippen molar-refractivity contribution in [3.05, 3.63) is 65.2 Å². The van der Waals surface area contributed by atoms with Crippen LogP contribution in [0.15, 0.2) is 48.5 Å². The van der Waals surface area contributed by atoms with Crippen molar-refractivity contribution >= 4 is 17.6 Å². The van der Waals surface area contributed by atoms with Gasteiger partial charge in [0.2, 0.25) is 5.91 Å². The molecule has 114 valence electrons. The molecule has 2 aromatic carbocycles. The summed E-state index contributed by atoms with van der Waals surface area (Å²) in [6.45, 7) is 0.0810. The van der Waals surface area contributed by atoms with E-state index in [1.165, 1.54) is 6.07 Å². The first-order valence-corrected chi connectivity index (χ1v) is 6.91. The van der Waals surface area contributed by atoms with Crippen LogP contribution in [0.25, 0.3) is 0 Å². The van der Waals surface area contributed by atoms with Crippen molar-refractivity contribution in [3.8, 4) is 0 Å². The summed E-state index contributed by atoms with van der Waals surface area (Å²) < 4.78 is 0. The Morgan fingerprint density at radius 1 is 1.00 bits per heavy atom. The number of aliphatic hydroxyl groups is 1. The zero-order valence-electron chi connectivity index (χ0n) is 12.0. The van der Waals surface area contributed by atoms with Gasteiger partial charge in [-0.2, -0.15) is 0 Å². The molecule has 3 N–H and O–H groups in total. The molecule has 0 aromatic heterocycles. The third-order valence-corrected chi connectivity index (χ3v) is 3.24. The Bertz CT molecular complexity index is 665. The lowest BCUT2D eigenvalue weighted by molar-refractivity contribution is -0.115. The van der Waals surface area contributed by atoms with E-state index in [1.807, 2.05) is 12.1 Å². The molecule has 0 aliphatic rings. The summed E-state index contributed by atoms with van der Waals surface area (Å²) in [5, 5.41) is 20.7. The zero-order valence-corrected chi connectivity index (χ0v) is 12.0. The highest BCUT2D eigenvalue weighted by molar-refractivity contribution is 5.96. The molecular weight excluding hydrogens is 282 g/mol. The molecule has 0 aliphatic carbocycles. The van der Waals surface area contributed by atoms with Gasteiger partial charge < -0.3 is 15.5 Å². The molecule has 1 amide bonds. The second-order valence-corrected chi connectivity index (χ2v) is 4.86. The van der Waals surface area contributed by atoms with Crippen molar-refractivity contribution in [3.63, 3.8) is 0 Å². The number of carbonyl (C=O) groups is 2. The number of anilines is 1. The summed E-state index contributed by atoms with van der Waals surface area (Å²) >= 11 is 0. The van der Waals surface area contributed by atoms with Crippen LogP contribution in [0.5, 0.6) is 0 Å². The van der Waals surface area contributed by atoms with Gasteiger partial charge in [0.15, 0.2) is 0 Å². The summed E-state index contributed by atoms with van der Waals surface area (Å²) in [6, 6.07) is 13.6. The van der Waals surface area contributed by atoms with Crippen LogP contribution in [0.4, 0.5) is 5.69 Å². The van der Waals surface area contributed by atoms with Crippen LogP contribution in [0.1, 0.15) is 21.5 Å². The van der Waals surface area contributed by atoms with Crippen molar-refractivity contribution in [2.24, 2.45) is 0 Å². The molecule has 0 unspecified atom stereocenters. The molecule has 5 nitrogen and oxygen atoms in total. The number of rotatable bonds is 6. The van der Waals surface area contributed by atoms with Crippen LogP contribution in [0, 0.1) is 0 Å². The second-order valence-electron chi connectivity index (χ2n) is 4.86. The number of hydrogen-bond donors (Lipinski definition) is 3. The topological polar surface area (TPSA) is 86.6 Å². The number of carbonyl (C=O) groups excluding carboxylic acids is 1. The summed E-state index contributed by atoms with van der Waals surface area (Å²) in [6.07, 6.45) is 0.571.